The van der Waals surface area contributed by atoms with Crippen molar-refractivity contribution in [3.63, 3.8) is 0 Å². The summed E-state index contributed by atoms with van der Waals surface area (Å²) in [6.07, 6.45) is 3.88. The Balaban J connectivity index is 1.76. The number of amides is 2. The number of carbonyl (C=O) groups is 4. The highest BCUT2D eigenvalue weighted by molar-refractivity contribution is 7.80. The summed E-state index contributed by atoms with van der Waals surface area (Å²) in [5.74, 6) is -2.38. The quantitative estimate of drug-likeness (QED) is 0.174. The summed E-state index contributed by atoms with van der Waals surface area (Å²) in [5.41, 5.74) is 9.99. The van der Waals surface area contributed by atoms with E-state index in [2.05, 4.69) is 32.9 Å². The van der Waals surface area contributed by atoms with E-state index in [-0.39, 0.29) is 41.7 Å². The highest BCUT2D eigenvalue weighted by Gasteiger charge is 2.37. The number of allylic oxidation sites excluding steroid dienone is 2. The second-order valence-electron chi connectivity index (χ2n) is 11.9. The normalized spacial score (nSPS) is 20.1. The average molecular weight is 623 g/mol. The number of rotatable bonds is 13. The molecule has 44 heavy (non-hydrogen) atoms. The maximum atomic E-state index is 12.5. The fraction of sp³-hybridized carbons (Fsp3) is 0.485. The van der Waals surface area contributed by atoms with Crippen LogP contribution < -0.4 is 5.32 Å². The molecule has 10 nitrogen and oxygen atoms in total. The third-order valence-corrected chi connectivity index (χ3v) is 9.41. The van der Waals surface area contributed by atoms with Crippen LogP contribution in [-0.2, 0) is 44.9 Å². The number of H-pyrrole nitrogens is 2. The summed E-state index contributed by atoms with van der Waals surface area (Å²) >= 11 is 4.63. The van der Waals surface area contributed by atoms with Crippen molar-refractivity contribution in [3.05, 3.63) is 61.9 Å². The number of carbonyl (C=O) groups excluding carboxylic acids is 2. The molecule has 4 heterocycles. The minimum atomic E-state index is -0.904. The monoisotopic (exact) mass is 622 g/mol. The molecule has 236 valence electrons. The van der Waals surface area contributed by atoms with Gasteiger partial charge in [-0.25, -0.2) is 4.99 Å². The van der Waals surface area contributed by atoms with Gasteiger partial charge in [0, 0.05) is 76.8 Å². The predicted molar refractivity (Wildman–Crippen MR) is 172 cm³/mol. The summed E-state index contributed by atoms with van der Waals surface area (Å²) in [6, 6.07) is 0. The van der Waals surface area contributed by atoms with Crippen molar-refractivity contribution in [2.24, 2.45) is 16.8 Å². The first-order valence-electron chi connectivity index (χ1n) is 15.1. The molecule has 0 unspecified atom stereocenters. The number of aromatic amines is 2. The Morgan fingerprint density at radius 3 is 2.09 bits per heavy atom. The van der Waals surface area contributed by atoms with Crippen LogP contribution >= 0.6 is 12.6 Å². The number of carboxylic acids is 2. The van der Waals surface area contributed by atoms with Crippen LogP contribution in [0.25, 0.3) is 6.08 Å². The number of thiol groups is 1. The number of aliphatic carboxylic acids is 2. The summed E-state index contributed by atoms with van der Waals surface area (Å²) in [5, 5.41) is 21.9. The number of nitrogens with zero attached hydrogens (tertiary/aromatic N) is 1. The molecule has 0 bridgehead atoms. The van der Waals surface area contributed by atoms with E-state index in [9.17, 15) is 29.4 Å². The zero-order valence-corrected chi connectivity index (χ0v) is 27.1. The molecule has 2 aliphatic heterocycles. The lowest BCUT2D eigenvalue weighted by molar-refractivity contribution is -0.138. The third kappa shape index (κ3) is 6.77. The van der Waals surface area contributed by atoms with Crippen LogP contribution in [0.3, 0.4) is 0 Å². The Morgan fingerprint density at radius 1 is 0.955 bits per heavy atom. The van der Waals surface area contributed by atoms with E-state index in [4.69, 9.17) is 0 Å². The summed E-state index contributed by atoms with van der Waals surface area (Å²) < 4.78 is 0. The molecule has 2 aliphatic rings. The predicted octanol–water partition coefficient (Wildman–Crippen LogP) is 4.88. The first-order valence-corrected chi connectivity index (χ1v) is 15.6. The summed E-state index contributed by atoms with van der Waals surface area (Å²) in [7, 11) is 0. The lowest BCUT2D eigenvalue weighted by Crippen LogP contribution is -2.19. The van der Waals surface area contributed by atoms with Crippen molar-refractivity contribution < 1.29 is 29.4 Å². The molecule has 0 saturated carbocycles. The van der Waals surface area contributed by atoms with Crippen molar-refractivity contribution in [2.75, 3.05) is 0 Å². The second kappa shape index (κ2) is 13.4. The number of carboxylic acid groups (broad SMARTS) is 2. The van der Waals surface area contributed by atoms with E-state index in [1.807, 2.05) is 47.6 Å². The van der Waals surface area contributed by atoms with E-state index < -0.39 is 11.9 Å². The molecule has 4 rings (SSSR count). The van der Waals surface area contributed by atoms with Crippen LogP contribution in [0.15, 0.2) is 21.8 Å². The number of hydrogen-bond acceptors (Lipinski definition) is 5. The van der Waals surface area contributed by atoms with Gasteiger partial charge >= 0.3 is 11.9 Å². The van der Waals surface area contributed by atoms with Gasteiger partial charge in [0.1, 0.15) is 0 Å². The SMILES string of the molecule is CCC1=C(C)C(Cc2[nH]c(Cc3[nH]c(/C=C4\NC(=O)[C@H](C)[C@H]4[C@H](C)S)c(C)c3CCC(=O)O)c(CCC(=O)O)c2C)=NC1=O. The van der Waals surface area contributed by atoms with Gasteiger partial charge < -0.3 is 25.5 Å². The molecule has 0 radical (unpaired) electrons. The molecule has 1 saturated heterocycles. The largest absolute Gasteiger partial charge is 0.481 e. The second-order valence-corrected chi connectivity index (χ2v) is 12.7. The van der Waals surface area contributed by atoms with Crippen molar-refractivity contribution in [2.45, 2.75) is 91.7 Å². The number of nitrogens with one attached hydrogen (secondary N) is 3. The zero-order chi connectivity index (χ0) is 32.5. The van der Waals surface area contributed by atoms with Gasteiger partial charge in [0.05, 0.1) is 5.71 Å². The van der Waals surface area contributed by atoms with E-state index in [0.29, 0.717) is 43.4 Å². The molecule has 1 fully saturated rings. The van der Waals surface area contributed by atoms with Gasteiger partial charge in [0.25, 0.3) is 5.91 Å². The van der Waals surface area contributed by atoms with Crippen molar-refractivity contribution in [1.82, 2.24) is 15.3 Å². The average Bonchev–Trinajstić information content (AvgIpc) is 3.59. The number of hydrogen-bond donors (Lipinski definition) is 6. The molecule has 2 amide bonds. The first kappa shape index (κ1) is 33.0. The smallest absolute Gasteiger partial charge is 0.303 e. The molecule has 2 aromatic rings. The zero-order valence-electron chi connectivity index (χ0n) is 26.2. The Bertz CT molecular complexity index is 1610. The first-order chi connectivity index (χ1) is 20.7. The Morgan fingerprint density at radius 2 is 1.55 bits per heavy atom. The molecule has 0 aromatic carbocycles. The fourth-order valence-corrected chi connectivity index (χ4v) is 6.94. The maximum Gasteiger partial charge on any atom is 0.303 e. The molecule has 5 N–H and O–H groups in total. The van der Waals surface area contributed by atoms with Gasteiger partial charge in [-0.15, -0.1) is 0 Å². The minimum Gasteiger partial charge on any atom is -0.481 e. The van der Waals surface area contributed by atoms with Crippen molar-refractivity contribution in [3.8, 4) is 0 Å². The topological polar surface area (TPSA) is 165 Å². The molecular weight excluding hydrogens is 580 g/mol. The molecule has 0 aliphatic carbocycles. The van der Waals surface area contributed by atoms with Crippen LogP contribution in [0.4, 0.5) is 0 Å². The van der Waals surface area contributed by atoms with E-state index in [0.717, 1.165) is 56.3 Å². The molecule has 2 aromatic heterocycles. The number of aliphatic imine (C=N–C) groups is 1. The van der Waals surface area contributed by atoms with Crippen LogP contribution in [0.5, 0.6) is 0 Å². The fourth-order valence-electron chi connectivity index (χ4n) is 6.52. The molecule has 3 atom stereocenters. The van der Waals surface area contributed by atoms with Crippen LogP contribution in [-0.4, -0.2) is 54.9 Å². The third-order valence-electron chi connectivity index (χ3n) is 9.09. The van der Waals surface area contributed by atoms with Gasteiger partial charge in [-0.1, -0.05) is 20.8 Å². The number of aromatic nitrogens is 2. The summed E-state index contributed by atoms with van der Waals surface area (Å²) in [6.45, 7) is 11.6. The van der Waals surface area contributed by atoms with Crippen LogP contribution in [0.1, 0.15) is 92.0 Å². The van der Waals surface area contributed by atoms with E-state index in [1.54, 1.807) is 0 Å². The highest BCUT2D eigenvalue weighted by Crippen LogP contribution is 2.35. The minimum absolute atomic E-state index is 0.0440. The van der Waals surface area contributed by atoms with E-state index >= 15 is 0 Å². The molecule has 0 spiro atoms. The highest BCUT2D eigenvalue weighted by atomic mass is 32.1. The van der Waals surface area contributed by atoms with Gasteiger partial charge in [-0.3, -0.25) is 19.2 Å². The maximum absolute atomic E-state index is 12.5. The lowest BCUT2D eigenvalue weighted by atomic mass is 9.91. The van der Waals surface area contributed by atoms with Gasteiger partial charge in [0.2, 0.25) is 5.91 Å². The Kier molecular flexibility index (Phi) is 10.1. The molecular formula is C33H42N4O6S. The lowest BCUT2D eigenvalue weighted by Gasteiger charge is -2.17. The Hall–Kier alpha value is -3.86. The van der Waals surface area contributed by atoms with Gasteiger partial charge in [-0.2, -0.15) is 12.6 Å². The Labute approximate surface area is 262 Å². The molecule has 11 heteroatoms. The van der Waals surface area contributed by atoms with Crippen molar-refractivity contribution >= 4 is 48.2 Å². The van der Waals surface area contributed by atoms with E-state index in [1.165, 1.54) is 0 Å². The van der Waals surface area contributed by atoms with Crippen LogP contribution in [0, 0.1) is 25.7 Å². The standard InChI is InChI=1S/C33H42N4O6S/c1-7-20-15(2)25(36-33(20)43)12-23-16(3)21(8-10-29(38)39)26(34-23)14-27-22(9-11-30(40)41)17(4)24(35-27)13-28-31(19(6)44)18(5)32(42)37-28/h13,18-19,31,34-35,44H,7-12,14H2,1-6H3,(H,37,42)(H,38,39)(H,40,41)/b28-13-/t18-,19+,31+/m1/s1. The van der Waals surface area contributed by atoms with Crippen LogP contribution in [0.2, 0.25) is 0 Å². The summed E-state index contributed by atoms with van der Waals surface area (Å²) in [4.78, 5) is 59.3. The van der Waals surface area contributed by atoms with Gasteiger partial charge in [0.15, 0.2) is 0 Å². The van der Waals surface area contributed by atoms with Crippen molar-refractivity contribution in [1.29, 1.82) is 0 Å². The van der Waals surface area contributed by atoms with Gasteiger partial charge in [-0.05, 0) is 73.9 Å².